The molecule has 6 heteroatoms. The first-order valence-electron chi connectivity index (χ1n) is 11.6. The Morgan fingerprint density at radius 2 is 2.03 bits per heavy atom. The van der Waals surface area contributed by atoms with Crippen molar-refractivity contribution in [3.8, 4) is 0 Å². The van der Waals surface area contributed by atoms with Gasteiger partial charge in [-0.1, -0.05) is 43.5 Å². The van der Waals surface area contributed by atoms with E-state index in [-0.39, 0.29) is 0 Å². The van der Waals surface area contributed by atoms with E-state index in [2.05, 4.69) is 51.2 Å². The van der Waals surface area contributed by atoms with E-state index < -0.39 is 0 Å². The van der Waals surface area contributed by atoms with Crippen molar-refractivity contribution in [1.82, 2.24) is 10.2 Å². The summed E-state index contributed by atoms with van der Waals surface area (Å²) in [5.74, 6) is 2.25. The Morgan fingerprint density at radius 3 is 2.83 bits per heavy atom. The van der Waals surface area contributed by atoms with Crippen molar-refractivity contribution < 1.29 is 9.47 Å². The van der Waals surface area contributed by atoms with E-state index in [4.69, 9.17) is 9.47 Å². The van der Waals surface area contributed by atoms with Gasteiger partial charge in [-0.15, -0.1) is 0 Å². The summed E-state index contributed by atoms with van der Waals surface area (Å²) in [5, 5.41) is 3.62. The molecule has 3 aliphatic rings. The summed E-state index contributed by atoms with van der Waals surface area (Å²) in [4.78, 5) is 7.10. The Morgan fingerprint density at radius 1 is 1.23 bits per heavy atom. The zero-order valence-corrected chi connectivity index (χ0v) is 19.2. The molecule has 0 unspecified atom stereocenters. The fraction of sp³-hybridized carbons (Fsp3) is 0.708. The van der Waals surface area contributed by atoms with Crippen molar-refractivity contribution in [2.75, 3.05) is 39.1 Å². The Hall–Kier alpha value is -1.24. The first kappa shape index (κ1) is 22.0. The molecule has 1 N–H and O–H groups in total. The molecule has 30 heavy (non-hydrogen) atoms. The van der Waals surface area contributed by atoms with E-state index in [0.717, 1.165) is 51.6 Å². The highest BCUT2D eigenvalue weighted by Gasteiger charge is 2.38. The number of ether oxygens (including phenoxy) is 2. The van der Waals surface area contributed by atoms with Crippen LogP contribution < -0.4 is 5.32 Å². The summed E-state index contributed by atoms with van der Waals surface area (Å²) < 4.78 is 12.0. The van der Waals surface area contributed by atoms with E-state index in [9.17, 15) is 0 Å². The molecule has 2 heterocycles. The number of hydrogen-bond donors (Lipinski definition) is 1. The fourth-order valence-corrected chi connectivity index (χ4v) is 6.49. The predicted molar refractivity (Wildman–Crippen MR) is 125 cm³/mol. The van der Waals surface area contributed by atoms with Gasteiger partial charge in [-0.25, -0.2) is 0 Å². The third-order valence-corrected chi connectivity index (χ3v) is 8.16. The average Bonchev–Trinajstić information content (AvgIpc) is 2.80. The normalized spacial score (nSPS) is 23.0. The minimum Gasteiger partial charge on any atom is -0.381 e. The molecule has 1 aromatic rings. The largest absolute Gasteiger partial charge is 0.381 e. The lowest BCUT2D eigenvalue weighted by Gasteiger charge is -2.45. The summed E-state index contributed by atoms with van der Waals surface area (Å²) >= 11 is 2.21. The smallest absolute Gasteiger partial charge is 0.193 e. The van der Waals surface area contributed by atoms with Gasteiger partial charge in [0.25, 0.3) is 0 Å². The molecule has 3 fully saturated rings. The van der Waals surface area contributed by atoms with E-state index >= 15 is 0 Å². The molecule has 5 nitrogen and oxygen atoms in total. The zero-order valence-electron chi connectivity index (χ0n) is 18.4. The quantitative estimate of drug-likeness (QED) is 0.559. The van der Waals surface area contributed by atoms with Crippen molar-refractivity contribution in [3.05, 3.63) is 35.4 Å². The summed E-state index contributed by atoms with van der Waals surface area (Å²) in [5.41, 5.74) is 2.52. The van der Waals surface area contributed by atoms with Crippen LogP contribution in [0, 0.1) is 0 Å². The van der Waals surface area contributed by atoms with Crippen LogP contribution in [-0.2, 0) is 22.6 Å². The van der Waals surface area contributed by atoms with E-state index in [1.165, 1.54) is 49.0 Å². The highest BCUT2D eigenvalue weighted by molar-refractivity contribution is 8.00. The average molecular weight is 432 g/mol. The van der Waals surface area contributed by atoms with Crippen LogP contribution in [-0.4, -0.2) is 60.8 Å². The maximum absolute atomic E-state index is 6.09. The predicted octanol–water partition coefficient (Wildman–Crippen LogP) is 4.21. The number of hydrogen-bond acceptors (Lipinski definition) is 4. The van der Waals surface area contributed by atoms with Crippen LogP contribution in [0.4, 0.5) is 0 Å². The minimum atomic E-state index is 0.337. The molecule has 2 saturated heterocycles. The third-order valence-electron chi connectivity index (χ3n) is 6.62. The van der Waals surface area contributed by atoms with Crippen molar-refractivity contribution in [2.45, 2.75) is 68.9 Å². The van der Waals surface area contributed by atoms with Gasteiger partial charge in [0.15, 0.2) is 5.96 Å². The molecule has 0 aromatic heterocycles. The van der Waals surface area contributed by atoms with Gasteiger partial charge in [0.05, 0.1) is 12.7 Å². The number of nitrogens with one attached hydrogen (secondary N) is 1. The molecule has 1 aliphatic carbocycles. The Bertz CT molecular complexity index is 694. The maximum Gasteiger partial charge on any atom is 0.193 e. The molecule has 0 amide bonds. The van der Waals surface area contributed by atoms with Crippen LogP contribution >= 0.6 is 11.8 Å². The van der Waals surface area contributed by atoms with Crippen LogP contribution in [0.1, 0.15) is 56.1 Å². The molecule has 1 spiro atoms. The minimum absolute atomic E-state index is 0.337. The molecular weight excluding hydrogens is 394 g/mol. The van der Waals surface area contributed by atoms with Crippen LogP contribution in [0.25, 0.3) is 0 Å². The third kappa shape index (κ3) is 5.92. The van der Waals surface area contributed by atoms with E-state index in [1.807, 2.05) is 7.05 Å². The van der Waals surface area contributed by atoms with Gasteiger partial charge in [-0.2, -0.15) is 11.8 Å². The molecule has 166 valence electrons. The van der Waals surface area contributed by atoms with Gasteiger partial charge >= 0.3 is 0 Å². The lowest BCUT2D eigenvalue weighted by molar-refractivity contribution is -0.0390. The standard InChI is InChI=1S/C24H37N3O2S/c1-25-23(27-12-15-30-24(19-27)10-3-2-4-11-24)26-17-20-6-5-7-21(16-20)18-29-22-8-13-28-14-9-22/h5-7,16,22H,2-4,8-15,17-19H2,1H3,(H,25,26). The summed E-state index contributed by atoms with van der Waals surface area (Å²) in [6.45, 7) is 5.35. The number of aliphatic imine (C=N–C) groups is 1. The SMILES string of the molecule is CN=C(NCc1cccc(COC2CCOCC2)c1)N1CCSC2(CCCCC2)C1. The van der Waals surface area contributed by atoms with E-state index in [1.54, 1.807) is 0 Å². The molecule has 0 radical (unpaired) electrons. The molecule has 1 aromatic carbocycles. The zero-order chi connectivity index (χ0) is 20.7. The number of nitrogens with zero attached hydrogens (tertiary/aromatic N) is 2. The van der Waals surface area contributed by atoms with Gasteiger partial charge in [-0.05, 0) is 36.8 Å². The lowest BCUT2D eigenvalue weighted by Crippen LogP contribution is -2.53. The second kappa shape index (κ2) is 10.9. The summed E-state index contributed by atoms with van der Waals surface area (Å²) in [6, 6.07) is 8.74. The van der Waals surface area contributed by atoms with Crippen molar-refractivity contribution in [3.63, 3.8) is 0 Å². The van der Waals surface area contributed by atoms with Gasteiger partial charge in [0.2, 0.25) is 0 Å². The number of thioether (sulfide) groups is 1. The van der Waals surface area contributed by atoms with Crippen LogP contribution in [0.15, 0.2) is 29.3 Å². The summed E-state index contributed by atoms with van der Waals surface area (Å²) in [6.07, 6.45) is 9.25. The fourth-order valence-electron chi connectivity index (χ4n) is 4.92. The Labute approximate surface area is 186 Å². The molecule has 4 rings (SSSR count). The number of guanidine groups is 1. The second-order valence-corrected chi connectivity index (χ2v) is 10.4. The highest BCUT2D eigenvalue weighted by atomic mass is 32.2. The first-order chi connectivity index (χ1) is 14.8. The van der Waals surface area contributed by atoms with Crippen molar-refractivity contribution in [1.29, 1.82) is 0 Å². The van der Waals surface area contributed by atoms with Crippen molar-refractivity contribution >= 4 is 17.7 Å². The molecule has 0 atom stereocenters. The second-order valence-electron chi connectivity index (χ2n) is 8.86. The van der Waals surface area contributed by atoms with Gasteiger partial charge in [-0.3, -0.25) is 4.99 Å². The molecule has 2 aliphatic heterocycles. The highest BCUT2D eigenvalue weighted by Crippen LogP contribution is 2.42. The van der Waals surface area contributed by atoms with Crippen LogP contribution in [0.2, 0.25) is 0 Å². The number of rotatable bonds is 5. The lowest BCUT2D eigenvalue weighted by atomic mass is 9.87. The van der Waals surface area contributed by atoms with E-state index in [0.29, 0.717) is 17.5 Å². The van der Waals surface area contributed by atoms with Crippen LogP contribution in [0.3, 0.4) is 0 Å². The van der Waals surface area contributed by atoms with Gasteiger partial charge in [0.1, 0.15) is 0 Å². The topological polar surface area (TPSA) is 46.1 Å². The Balaban J connectivity index is 1.29. The summed E-state index contributed by atoms with van der Waals surface area (Å²) in [7, 11) is 1.91. The maximum atomic E-state index is 6.09. The van der Waals surface area contributed by atoms with Crippen LogP contribution in [0.5, 0.6) is 0 Å². The van der Waals surface area contributed by atoms with Gasteiger partial charge < -0.3 is 19.7 Å². The number of benzene rings is 1. The van der Waals surface area contributed by atoms with Crippen molar-refractivity contribution in [2.24, 2.45) is 4.99 Å². The monoisotopic (exact) mass is 431 g/mol. The molecule has 1 saturated carbocycles. The molecule has 0 bridgehead atoms. The first-order valence-corrected chi connectivity index (χ1v) is 12.6. The van der Waals surface area contributed by atoms with Gasteiger partial charge in [0, 0.05) is 50.4 Å². The molecular formula is C24H37N3O2S. The Kier molecular flexibility index (Phi) is 7.96.